The van der Waals surface area contributed by atoms with Gasteiger partial charge in [0.25, 0.3) is 0 Å². The summed E-state index contributed by atoms with van der Waals surface area (Å²) < 4.78 is 24.0. The van der Waals surface area contributed by atoms with Crippen molar-refractivity contribution < 1.29 is 13.2 Å². The first-order chi connectivity index (χ1) is 10.7. The first kappa shape index (κ1) is 17.9. The Hall–Kier alpha value is -1.40. The van der Waals surface area contributed by atoms with Gasteiger partial charge in [-0.1, -0.05) is 31.4 Å². The molecule has 0 heterocycles. The van der Waals surface area contributed by atoms with Crippen LogP contribution in [0.1, 0.15) is 51.5 Å². The van der Waals surface area contributed by atoms with E-state index < -0.39 is 20.6 Å². The van der Waals surface area contributed by atoms with Crippen molar-refractivity contribution in [3.8, 4) is 0 Å². The van der Waals surface area contributed by atoms with Crippen LogP contribution in [0, 0.1) is 0 Å². The lowest BCUT2D eigenvalue weighted by Gasteiger charge is -2.31. The standard InChI is InChI=1S/C17H26N2O3S/c1-13(2)23(21,22)12-14-7-6-8-15(11-14)19-16(20)17(18)9-4-3-5-10-17/h6-8,11,13H,3-5,9-10,12,18H2,1-2H3,(H,19,20). The van der Waals surface area contributed by atoms with Crippen molar-refractivity contribution in [1.82, 2.24) is 0 Å². The van der Waals surface area contributed by atoms with E-state index in [-0.39, 0.29) is 11.7 Å². The SMILES string of the molecule is CC(C)S(=O)(=O)Cc1cccc(NC(=O)C2(N)CCCCC2)c1. The van der Waals surface area contributed by atoms with Crippen LogP contribution in [0.15, 0.2) is 24.3 Å². The number of hydrogen-bond donors (Lipinski definition) is 2. The summed E-state index contributed by atoms with van der Waals surface area (Å²) in [5, 5.41) is 2.43. The van der Waals surface area contributed by atoms with Gasteiger partial charge in [0.05, 0.1) is 16.5 Å². The van der Waals surface area contributed by atoms with Crippen LogP contribution in [0.4, 0.5) is 5.69 Å². The van der Waals surface area contributed by atoms with Gasteiger partial charge in [-0.15, -0.1) is 0 Å². The van der Waals surface area contributed by atoms with E-state index in [0.29, 0.717) is 24.1 Å². The molecule has 1 aliphatic carbocycles. The largest absolute Gasteiger partial charge is 0.324 e. The van der Waals surface area contributed by atoms with Gasteiger partial charge in [-0.25, -0.2) is 8.42 Å². The Bertz CT molecular complexity index is 662. The minimum Gasteiger partial charge on any atom is -0.324 e. The molecular weight excluding hydrogens is 312 g/mol. The van der Waals surface area contributed by atoms with Crippen molar-refractivity contribution in [2.45, 2.75) is 62.5 Å². The fraction of sp³-hybridized carbons (Fsp3) is 0.588. The quantitative estimate of drug-likeness (QED) is 0.863. The molecule has 3 N–H and O–H groups in total. The highest BCUT2D eigenvalue weighted by atomic mass is 32.2. The van der Waals surface area contributed by atoms with E-state index in [9.17, 15) is 13.2 Å². The molecule has 1 saturated carbocycles. The van der Waals surface area contributed by atoms with Crippen molar-refractivity contribution in [2.24, 2.45) is 5.73 Å². The van der Waals surface area contributed by atoms with Crippen LogP contribution in [0.25, 0.3) is 0 Å². The zero-order valence-corrected chi connectivity index (χ0v) is 14.7. The van der Waals surface area contributed by atoms with E-state index >= 15 is 0 Å². The van der Waals surface area contributed by atoms with Gasteiger partial charge in [0, 0.05) is 5.69 Å². The van der Waals surface area contributed by atoms with Crippen LogP contribution < -0.4 is 11.1 Å². The number of benzene rings is 1. The summed E-state index contributed by atoms with van der Waals surface area (Å²) in [7, 11) is -3.17. The molecule has 0 radical (unpaired) electrons. The summed E-state index contributed by atoms with van der Waals surface area (Å²) in [6, 6.07) is 6.98. The molecule has 0 aliphatic heterocycles. The normalized spacial score (nSPS) is 17.9. The van der Waals surface area contributed by atoms with E-state index in [0.717, 1.165) is 19.3 Å². The molecule has 1 amide bonds. The smallest absolute Gasteiger partial charge is 0.244 e. The lowest BCUT2D eigenvalue weighted by Crippen LogP contribution is -2.52. The van der Waals surface area contributed by atoms with E-state index in [1.807, 2.05) is 0 Å². The minimum absolute atomic E-state index is 0.0256. The fourth-order valence-corrected chi connectivity index (χ4v) is 3.78. The number of carbonyl (C=O) groups excluding carboxylic acids is 1. The predicted molar refractivity (Wildman–Crippen MR) is 92.8 cm³/mol. The number of nitrogens with one attached hydrogen (secondary N) is 1. The highest BCUT2D eigenvalue weighted by Gasteiger charge is 2.35. The zero-order valence-electron chi connectivity index (χ0n) is 13.8. The first-order valence-corrected chi connectivity index (χ1v) is 9.85. The topological polar surface area (TPSA) is 89.3 Å². The van der Waals surface area contributed by atoms with Crippen molar-refractivity contribution in [1.29, 1.82) is 0 Å². The summed E-state index contributed by atoms with van der Waals surface area (Å²) in [4.78, 5) is 12.4. The molecule has 1 fully saturated rings. The molecule has 2 rings (SSSR count). The molecule has 1 aliphatic rings. The molecule has 0 spiro atoms. The molecule has 0 saturated heterocycles. The van der Waals surface area contributed by atoms with Gasteiger partial charge in [0.1, 0.15) is 0 Å². The van der Waals surface area contributed by atoms with Crippen molar-refractivity contribution >= 4 is 21.4 Å². The zero-order chi connectivity index (χ0) is 17.1. The molecular formula is C17H26N2O3S. The van der Waals surface area contributed by atoms with Gasteiger partial charge < -0.3 is 11.1 Å². The third-order valence-electron chi connectivity index (χ3n) is 4.47. The van der Waals surface area contributed by atoms with Crippen LogP contribution >= 0.6 is 0 Å². The third-order valence-corrected chi connectivity index (χ3v) is 6.64. The molecule has 0 unspecified atom stereocenters. The summed E-state index contributed by atoms with van der Waals surface area (Å²) in [6.07, 6.45) is 4.45. The third kappa shape index (κ3) is 4.54. The van der Waals surface area contributed by atoms with Gasteiger partial charge >= 0.3 is 0 Å². The highest BCUT2D eigenvalue weighted by molar-refractivity contribution is 7.91. The van der Waals surface area contributed by atoms with Crippen LogP contribution in [0.3, 0.4) is 0 Å². The fourth-order valence-electron chi connectivity index (χ4n) is 2.80. The molecule has 0 bridgehead atoms. The number of amides is 1. The number of rotatable bonds is 5. The summed E-state index contributed by atoms with van der Waals surface area (Å²) in [6.45, 7) is 3.34. The maximum atomic E-state index is 12.4. The van der Waals surface area contributed by atoms with Gasteiger partial charge in [0.2, 0.25) is 5.91 Å². The second kappa shape index (κ2) is 7.01. The van der Waals surface area contributed by atoms with E-state index in [4.69, 9.17) is 5.73 Å². The lowest BCUT2D eigenvalue weighted by atomic mass is 9.82. The monoisotopic (exact) mass is 338 g/mol. The first-order valence-electron chi connectivity index (χ1n) is 8.14. The Kier molecular flexibility index (Phi) is 5.47. The number of carbonyl (C=O) groups is 1. The number of sulfone groups is 1. The van der Waals surface area contributed by atoms with E-state index in [2.05, 4.69) is 5.32 Å². The summed E-state index contributed by atoms with van der Waals surface area (Å²) in [5.41, 5.74) is 6.69. The molecule has 1 aromatic rings. The Morgan fingerprint density at radius 3 is 2.52 bits per heavy atom. The average molecular weight is 338 g/mol. The maximum absolute atomic E-state index is 12.4. The molecule has 5 nitrogen and oxygen atoms in total. The van der Waals surface area contributed by atoms with Crippen molar-refractivity contribution in [2.75, 3.05) is 5.32 Å². The van der Waals surface area contributed by atoms with Crippen molar-refractivity contribution in [3.05, 3.63) is 29.8 Å². The Balaban J connectivity index is 2.09. The average Bonchev–Trinajstić information content (AvgIpc) is 2.47. The molecule has 6 heteroatoms. The summed E-state index contributed by atoms with van der Waals surface area (Å²) >= 11 is 0. The second-order valence-corrected chi connectivity index (χ2v) is 9.28. The van der Waals surface area contributed by atoms with Crippen LogP contribution in [-0.4, -0.2) is 25.1 Å². The summed E-state index contributed by atoms with van der Waals surface area (Å²) in [5.74, 6) is -0.205. The molecule has 128 valence electrons. The van der Waals surface area contributed by atoms with Crippen LogP contribution in [0.5, 0.6) is 0 Å². The van der Waals surface area contributed by atoms with E-state index in [1.165, 1.54) is 0 Å². The molecule has 23 heavy (non-hydrogen) atoms. The Morgan fingerprint density at radius 2 is 1.91 bits per heavy atom. The predicted octanol–water partition coefficient (Wildman–Crippen LogP) is 2.61. The van der Waals surface area contributed by atoms with Gasteiger partial charge in [-0.05, 0) is 44.4 Å². The van der Waals surface area contributed by atoms with E-state index in [1.54, 1.807) is 38.1 Å². The Morgan fingerprint density at radius 1 is 1.26 bits per heavy atom. The molecule has 0 aromatic heterocycles. The van der Waals surface area contributed by atoms with Gasteiger partial charge in [-0.3, -0.25) is 4.79 Å². The number of nitrogens with two attached hydrogens (primary N) is 1. The molecule has 0 atom stereocenters. The highest BCUT2D eigenvalue weighted by Crippen LogP contribution is 2.27. The van der Waals surface area contributed by atoms with Gasteiger partial charge in [0.15, 0.2) is 9.84 Å². The number of anilines is 1. The van der Waals surface area contributed by atoms with Crippen LogP contribution in [-0.2, 0) is 20.4 Å². The maximum Gasteiger partial charge on any atom is 0.244 e. The molecule has 1 aromatic carbocycles. The van der Waals surface area contributed by atoms with Crippen molar-refractivity contribution in [3.63, 3.8) is 0 Å². The van der Waals surface area contributed by atoms with Crippen LogP contribution in [0.2, 0.25) is 0 Å². The number of hydrogen-bond acceptors (Lipinski definition) is 4. The minimum atomic E-state index is -3.17. The van der Waals surface area contributed by atoms with Gasteiger partial charge in [-0.2, -0.15) is 0 Å². The lowest BCUT2D eigenvalue weighted by molar-refractivity contribution is -0.122. The Labute approximate surface area is 138 Å². The second-order valence-electron chi connectivity index (χ2n) is 6.73.